The molecule has 0 radical (unpaired) electrons. The van der Waals surface area contributed by atoms with Gasteiger partial charge < -0.3 is 14.6 Å². The van der Waals surface area contributed by atoms with Crippen LogP contribution in [0.2, 0.25) is 0 Å². The molecule has 0 amide bonds. The summed E-state index contributed by atoms with van der Waals surface area (Å²) >= 11 is 0. The van der Waals surface area contributed by atoms with E-state index in [4.69, 9.17) is 9.47 Å². The van der Waals surface area contributed by atoms with Crippen molar-refractivity contribution in [3.63, 3.8) is 0 Å². The first-order valence-corrected chi connectivity index (χ1v) is 7.34. The highest BCUT2D eigenvalue weighted by Crippen LogP contribution is 2.40. The van der Waals surface area contributed by atoms with Gasteiger partial charge in [0, 0.05) is 12.0 Å². The van der Waals surface area contributed by atoms with E-state index < -0.39 is 6.10 Å². The fourth-order valence-electron chi connectivity index (χ4n) is 2.66. The molecule has 0 saturated heterocycles. The molecule has 0 saturated carbocycles. The highest BCUT2D eigenvalue weighted by molar-refractivity contribution is 5.39. The lowest BCUT2D eigenvalue weighted by molar-refractivity contribution is 0.0655. The van der Waals surface area contributed by atoms with Gasteiger partial charge in [-0.15, -0.1) is 0 Å². The number of hydrogen-bond donors (Lipinski definition) is 1. The van der Waals surface area contributed by atoms with Gasteiger partial charge in [-0.3, -0.25) is 0 Å². The van der Waals surface area contributed by atoms with Crippen molar-refractivity contribution >= 4 is 0 Å². The van der Waals surface area contributed by atoms with Crippen molar-refractivity contribution in [3.05, 3.63) is 59.7 Å². The predicted octanol–water partition coefficient (Wildman–Crippen LogP) is 4.03. The summed E-state index contributed by atoms with van der Waals surface area (Å²) in [6.45, 7) is 4.01. The average Bonchev–Trinajstić information content (AvgIpc) is 2.47. The van der Waals surface area contributed by atoms with Crippen LogP contribution in [0.25, 0.3) is 0 Å². The van der Waals surface area contributed by atoms with Crippen LogP contribution in [-0.2, 0) is 0 Å². The van der Waals surface area contributed by atoms with Gasteiger partial charge in [-0.2, -0.15) is 0 Å². The van der Waals surface area contributed by atoms with Gasteiger partial charge in [-0.05, 0) is 37.6 Å². The van der Waals surface area contributed by atoms with Crippen molar-refractivity contribution in [3.8, 4) is 11.5 Å². The second kappa shape index (κ2) is 5.78. The minimum absolute atomic E-state index is 0.138. The number of ether oxygens (including phenoxy) is 2. The Kier molecular flexibility index (Phi) is 3.84. The number of fused-ring (bicyclic) bond motifs is 1. The molecule has 0 aromatic heterocycles. The third-order valence-corrected chi connectivity index (χ3v) is 3.59. The fraction of sp³-hybridized carbons (Fsp3) is 0.333. The molecule has 0 spiro atoms. The normalized spacial score (nSPS) is 20.8. The van der Waals surface area contributed by atoms with Crippen molar-refractivity contribution < 1.29 is 14.6 Å². The highest BCUT2D eigenvalue weighted by atomic mass is 16.5. The Labute approximate surface area is 125 Å². The molecular weight excluding hydrogens is 264 g/mol. The van der Waals surface area contributed by atoms with E-state index in [1.165, 1.54) is 0 Å². The highest BCUT2D eigenvalue weighted by Gasteiger charge is 2.27. The van der Waals surface area contributed by atoms with E-state index in [1.54, 1.807) is 0 Å². The maximum absolute atomic E-state index is 10.3. The van der Waals surface area contributed by atoms with Crippen molar-refractivity contribution in [1.82, 2.24) is 0 Å². The largest absolute Gasteiger partial charge is 0.491 e. The molecule has 21 heavy (non-hydrogen) atoms. The summed E-state index contributed by atoms with van der Waals surface area (Å²) in [5, 5.41) is 10.3. The molecule has 1 aliphatic heterocycles. The van der Waals surface area contributed by atoms with Crippen molar-refractivity contribution in [1.29, 1.82) is 0 Å². The van der Waals surface area contributed by atoms with Crippen LogP contribution in [0.15, 0.2) is 48.5 Å². The molecule has 0 aliphatic carbocycles. The van der Waals surface area contributed by atoms with Gasteiger partial charge in [0.15, 0.2) is 0 Å². The van der Waals surface area contributed by atoms with E-state index in [0.717, 1.165) is 22.6 Å². The Morgan fingerprint density at radius 1 is 1.14 bits per heavy atom. The average molecular weight is 284 g/mol. The van der Waals surface area contributed by atoms with Crippen molar-refractivity contribution in [2.24, 2.45) is 0 Å². The van der Waals surface area contributed by atoms with E-state index >= 15 is 0 Å². The summed E-state index contributed by atoms with van der Waals surface area (Å²) in [6, 6.07) is 15.6. The third kappa shape index (κ3) is 3.03. The lowest BCUT2D eigenvalue weighted by atomic mass is 9.95. The standard InChI is InChI=1S/C18H20O3/c1-12(2)20-14-7-5-6-13(10-14)18-11-16(19)15-8-3-4-9-17(15)21-18/h3-10,12,16,18-19H,11H2,1-2H3/t16-,18?/m1/s1. The molecule has 3 heteroatoms. The first-order chi connectivity index (χ1) is 10.1. The van der Waals surface area contributed by atoms with Crippen LogP contribution < -0.4 is 9.47 Å². The monoisotopic (exact) mass is 284 g/mol. The zero-order chi connectivity index (χ0) is 14.8. The number of para-hydroxylation sites is 1. The second-order valence-corrected chi connectivity index (χ2v) is 5.63. The van der Waals surface area contributed by atoms with Gasteiger partial charge in [0.2, 0.25) is 0 Å². The van der Waals surface area contributed by atoms with Gasteiger partial charge in [-0.1, -0.05) is 30.3 Å². The van der Waals surface area contributed by atoms with Gasteiger partial charge >= 0.3 is 0 Å². The van der Waals surface area contributed by atoms with Crippen LogP contribution in [0.4, 0.5) is 0 Å². The second-order valence-electron chi connectivity index (χ2n) is 5.63. The van der Waals surface area contributed by atoms with Crippen molar-refractivity contribution in [2.45, 2.75) is 38.6 Å². The molecule has 1 unspecified atom stereocenters. The number of aliphatic hydroxyl groups is 1. The minimum atomic E-state index is -0.491. The molecule has 1 N–H and O–H groups in total. The minimum Gasteiger partial charge on any atom is -0.491 e. The number of rotatable bonds is 3. The van der Waals surface area contributed by atoms with Gasteiger partial charge in [0.25, 0.3) is 0 Å². The Bertz CT molecular complexity index is 621. The van der Waals surface area contributed by atoms with E-state index in [1.807, 2.05) is 62.4 Å². The SMILES string of the molecule is CC(C)Oc1cccc(C2C[C@@H](O)c3ccccc3O2)c1. The first-order valence-electron chi connectivity index (χ1n) is 7.34. The quantitative estimate of drug-likeness (QED) is 0.924. The molecule has 3 rings (SSSR count). The molecule has 1 heterocycles. The van der Waals surface area contributed by atoms with Crippen LogP contribution in [0.3, 0.4) is 0 Å². The van der Waals surface area contributed by atoms with E-state index in [0.29, 0.717) is 6.42 Å². The molecule has 3 nitrogen and oxygen atoms in total. The molecule has 2 atom stereocenters. The lowest BCUT2D eigenvalue weighted by Crippen LogP contribution is -2.19. The Hall–Kier alpha value is -2.00. The Morgan fingerprint density at radius 3 is 2.76 bits per heavy atom. The van der Waals surface area contributed by atoms with Gasteiger partial charge in [-0.25, -0.2) is 0 Å². The third-order valence-electron chi connectivity index (χ3n) is 3.59. The van der Waals surface area contributed by atoms with Crippen LogP contribution in [0.1, 0.15) is 43.6 Å². The van der Waals surface area contributed by atoms with Crippen LogP contribution in [0, 0.1) is 0 Å². The number of hydrogen-bond acceptors (Lipinski definition) is 3. The first kappa shape index (κ1) is 14.0. The maximum atomic E-state index is 10.3. The maximum Gasteiger partial charge on any atom is 0.127 e. The molecule has 0 fully saturated rings. The van der Waals surface area contributed by atoms with Crippen molar-refractivity contribution in [2.75, 3.05) is 0 Å². The van der Waals surface area contributed by atoms with Gasteiger partial charge in [0.05, 0.1) is 12.2 Å². The summed E-state index contributed by atoms with van der Waals surface area (Å²) in [5.41, 5.74) is 1.89. The van der Waals surface area contributed by atoms with E-state index in [-0.39, 0.29) is 12.2 Å². The molecule has 0 bridgehead atoms. The van der Waals surface area contributed by atoms with Crippen LogP contribution in [0.5, 0.6) is 11.5 Å². The number of aliphatic hydroxyl groups excluding tert-OH is 1. The summed E-state index contributed by atoms with van der Waals surface area (Å²) < 4.78 is 11.8. The number of benzene rings is 2. The van der Waals surface area contributed by atoms with Crippen LogP contribution in [-0.4, -0.2) is 11.2 Å². The summed E-state index contributed by atoms with van der Waals surface area (Å²) in [4.78, 5) is 0. The molecular formula is C18H20O3. The van der Waals surface area contributed by atoms with Gasteiger partial charge in [0.1, 0.15) is 17.6 Å². The smallest absolute Gasteiger partial charge is 0.127 e. The molecule has 2 aromatic rings. The summed E-state index contributed by atoms with van der Waals surface area (Å²) in [6.07, 6.45) is 0.0568. The topological polar surface area (TPSA) is 38.7 Å². The Balaban J connectivity index is 1.85. The summed E-state index contributed by atoms with van der Waals surface area (Å²) in [5.74, 6) is 1.59. The zero-order valence-corrected chi connectivity index (χ0v) is 12.3. The zero-order valence-electron chi connectivity index (χ0n) is 12.3. The predicted molar refractivity (Wildman–Crippen MR) is 81.6 cm³/mol. The fourth-order valence-corrected chi connectivity index (χ4v) is 2.66. The summed E-state index contributed by atoms with van der Waals surface area (Å²) in [7, 11) is 0. The Morgan fingerprint density at radius 2 is 1.95 bits per heavy atom. The lowest BCUT2D eigenvalue weighted by Gasteiger charge is -2.30. The van der Waals surface area contributed by atoms with E-state index in [2.05, 4.69) is 0 Å². The van der Waals surface area contributed by atoms with E-state index in [9.17, 15) is 5.11 Å². The molecule has 2 aromatic carbocycles. The van der Waals surface area contributed by atoms with Crippen LogP contribution >= 0.6 is 0 Å². The molecule has 110 valence electrons. The molecule has 1 aliphatic rings.